The molecule has 0 aromatic rings. The van der Waals surface area contributed by atoms with E-state index >= 15 is 0 Å². The molecular weight excluding hydrogens is 140 g/mol. The molecule has 2 heteroatoms. The second-order valence-electron chi connectivity index (χ2n) is 2.23. The molecule has 64 valence electrons. The smallest absolute Gasteiger partial charge is 0.334 e. The molecule has 0 N–H and O–H groups in total. The van der Waals surface area contributed by atoms with E-state index in [0.29, 0.717) is 0 Å². The van der Waals surface area contributed by atoms with E-state index in [1.54, 1.807) is 0 Å². The topological polar surface area (TPSA) is 26.3 Å². The standard InChI is InChI=1S/C7H10O2.C2H6/c1-3-6-4-5(2)9-7(6)8;1-2/h3,5H,4H2,1-2H3;1-2H3/b6-3-;. The Labute approximate surface area is 68.2 Å². The zero-order valence-corrected chi connectivity index (χ0v) is 7.68. The highest BCUT2D eigenvalue weighted by Crippen LogP contribution is 2.18. The van der Waals surface area contributed by atoms with Crippen LogP contribution in [0.1, 0.15) is 34.1 Å². The van der Waals surface area contributed by atoms with E-state index in [2.05, 4.69) is 0 Å². The first-order valence-corrected chi connectivity index (χ1v) is 4.10. The summed E-state index contributed by atoms with van der Waals surface area (Å²) in [4.78, 5) is 10.7. The Kier molecular flexibility index (Phi) is 4.59. The van der Waals surface area contributed by atoms with E-state index < -0.39 is 0 Å². The van der Waals surface area contributed by atoms with Crippen molar-refractivity contribution in [3.8, 4) is 0 Å². The lowest BCUT2D eigenvalue weighted by atomic mass is 10.2. The number of ether oxygens (including phenoxy) is 1. The van der Waals surface area contributed by atoms with E-state index in [-0.39, 0.29) is 12.1 Å². The molecular formula is C9H16O2. The molecule has 0 amide bonds. The minimum absolute atomic E-state index is 0.0868. The van der Waals surface area contributed by atoms with Gasteiger partial charge in [0.25, 0.3) is 0 Å². The summed E-state index contributed by atoms with van der Waals surface area (Å²) >= 11 is 0. The van der Waals surface area contributed by atoms with Crippen LogP contribution in [0.2, 0.25) is 0 Å². The van der Waals surface area contributed by atoms with Gasteiger partial charge in [-0.25, -0.2) is 4.79 Å². The van der Waals surface area contributed by atoms with Crippen LogP contribution in [0, 0.1) is 0 Å². The van der Waals surface area contributed by atoms with E-state index in [9.17, 15) is 4.79 Å². The van der Waals surface area contributed by atoms with Crippen molar-refractivity contribution < 1.29 is 9.53 Å². The molecule has 1 aliphatic rings. The molecule has 0 spiro atoms. The van der Waals surface area contributed by atoms with Gasteiger partial charge in [-0.05, 0) is 13.8 Å². The van der Waals surface area contributed by atoms with E-state index in [0.717, 1.165) is 12.0 Å². The zero-order chi connectivity index (χ0) is 8.85. The van der Waals surface area contributed by atoms with Gasteiger partial charge >= 0.3 is 5.97 Å². The van der Waals surface area contributed by atoms with Crippen molar-refractivity contribution in [2.24, 2.45) is 0 Å². The van der Waals surface area contributed by atoms with Crippen LogP contribution in [-0.2, 0) is 9.53 Å². The average molecular weight is 156 g/mol. The number of carbonyl (C=O) groups is 1. The van der Waals surface area contributed by atoms with Crippen LogP contribution in [0.4, 0.5) is 0 Å². The van der Waals surface area contributed by atoms with Gasteiger partial charge in [0.1, 0.15) is 6.10 Å². The van der Waals surface area contributed by atoms with Crippen LogP contribution in [0.5, 0.6) is 0 Å². The van der Waals surface area contributed by atoms with Crippen molar-refractivity contribution in [2.75, 3.05) is 0 Å². The minimum atomic E-state index is -0.148. The molecule has 0 aromatic carbocycles. The number of hydrogen-bond donors (Lipinski definition) is 0. The van der Waals surface area contributed by atoms with Gasteiger partial charge in [0.15, 0.2) is 0 Å². The monoisotopic (exact) mass is 156 g/mol. The quantitative estimate of drug-likeness (QED) is 0.397. The molecule has 1 fully saturated rings. The number of hydrogen-bond acceptors (Lipinski definition) is 2. The summed E-state index contributed by atoms with van der Waals surface area (Å²) < 4.78 is 4.86. The summed E-state index contributed by atoms with van der Waals surface area (Å²) in [5.41, 5.74) is 0.808. The number of rotatable bonds is 0. The largest absolute Gasteiger partial charge is 0.459 e. The Morgan fingerprint density at radius 1 is 1.55 bits per heavy atom. The molecule has 0 radical (unpaired) electrons. The van der Waals surface area contributed by atoms with Gasteiger partial charge in [-0.15, -0.1) is 0 Å². The molecule has 0 aliphatic carbocycles. The van der Waals surface area contributed by atoms with Crippen LogP contribution < -0.4 is 0 Å². The second-order valence-corrected chi connectivity index (χ2v) is 2.23. The molecule has 1 atom stereocenters. The van der Waals surface area contributed by atoms with Crippen LogP contribution in [0.25, 0.3) is 0 Å². The first-order chi connectivity index (χ1) is 5.24. The predicted octanol–water partition coefficient (Wildman–Crippen LogP) is 2.29. The molecule has 1 saturated heterocycles. The van der Waals surface area contributed by atoms with Crippen molar-refractivity contribution in [2.45, 2.75) is 40.2 Å². The van der Waals surface area contributed by atoms with E-state index in [1.165, 1.54) is 0 Å². The van der Waals surface area contributed by atoms with Crippen LogP contribution in [0.3, 0.4) is 0 Å². The fourth-order valence-corrected chi connectivity index (χ4v) is 0.929. The summed E-state index contributed by atoms with van der Waals surface area (Å²) in [6.45, 7) is 7.75. The van der Waals surface area contributed by atoms with E-state index in [4.69, 9.17) is 4.74 Å². The van der Waals surface area contributed by atoms with Crippen molar-refractivity contribution in [1.82, 2.24) is 0 Å². The van der Waals surface area contributed by atoms with Crippen LogP contribution >= 0.6 is 0 Å². The van der Waals surface area contributed by atoms with Crippen molar-refractivity contribution in [1.29, 1.82) is 0 Å². The highest BCUT2D eigenvalue weighted by Gasteiger charge is 2.23. The Bertz CT molecular complexity index is 159. The molecule has 0 aromatic heterocycles. The second kappa shape index (κ2) is 4.94. The third-order valence-corrected chi connectivity index (χ3v) is 1.43. The molecule has 0 saturated carbocycles. The van der Waals surface area contributed by atoms with Gasteiger partial charge in [-0.2, -0.15) is 0 Å². The first-order valence-electron chi connectivity index (χ1n) is 4.10. The highest BCUT2D eigenvalue weighted by molar-refractivity contribution is 5.90. The number of carbonyl (C=O) groups excluding carboxylic acids is 1. The molecule has 1 rings (SSSR count). The van der Waals surface area contributed by atoms with Gasteiger partial charge in [-0.3, -0.25) is 0 Å². The average Bonchev–Trinajstić information content (AvgIpc) is 2.33. The summed E-state index contributed by atoms with van der Waals surface area (Å²) in [6.07, 6.45) is 2.67. The maximum absolute atomic E-state index is 10.7. The van der Waals surface area contributed by atoms with Crippen molar-refractivity contribution >= 4 is 5.97 Å². The third kappa shape index (κ3) is 2.74. The Balaban J connectivity index is 0.000000461. The third-order valence-electron chi connectivity index (χ3n) is 1.43. The van der Waals surface area contributed by atoms with Gasteiger partial charge in [0, 0.05) is 12.0 Å². The number of cyclic esters (lactones) is 1. The lowest BCUT2D eigenvalue weighted by molar-refractivity contribution is -0.138. The fourth-order valence-electron chi connectivity index (χ4n) is 0.929. The number of allylic oxidation sites excluding steroid dienone is 1. The van der Waals surface area contributed by atoms with Crippen LogP contribution in [0.15, 0.2) is 11.6 Å². The maximum Gasteiger partial charge on any atom is 0.334 e. The summed E-state index contributed by atoms with van der Waals surface area (Å²) in [7, 11) is 0. The van der Waals surface area contributed by atoms with Crippen molar-refractivity contribution in [3.63, 3.8) is 0 Å². The predicted molar refractivity (Wildman–Crippen MR) is 45.3 cm³/mol. The Hall–Kier alpha value is -0.790. The molecule has 1 aliphatic heterocycles. The minimum Gasteiger partial charge on any atom is -0.459 e. The van der Waals surface area contributed by atoms with Crippen LogP contribution in [-0.4, -0.2) is 12.1 Å². The molecule has 1 unspecified atom stereocenters. The first kappa shape index (κ1) is 10.2. The summed E-state index contributed by atoms with van der Waals surface area (Å²) in [5, 5.41) is 0. The van der Waals surface area contributed by atoms with Gasteiger partial charge in [-0.1, -0.05) is 19.9 Å². The molecule has 1 heterocycles. The number of esters is 1. The lowest BCUT2D eigenvalue weighted by Crippen LogP contribution is -1.99. The molecule has 0 bridgehead atoms. The SMILES string of the molecule is C/C=C1/CC(C)OC1=O.CC. The summed E-state index contributed by atoms with van der Waals surface area (Å²) in [5.74, 6) is -0.148. The van der Waals surface area contributed by atoms with Gasteiger partial charge in [0.05, 0.1) is 0 Å². The van der Waals surface area contributed by atoms with Gasteiger partial charge < -0.3 is 4.74 Å². The Morgan fingerprint density at radius 3 is 2.27 bits per heavy atom. The van der Waals surface area contributed by atoms with Gasteiger partial charge in [0.2, 0.25) is 0 Å². The fraction of sp³-hybridized carbons (Fsp3) is 0.667. The molecule has 11 heavy (non-hydrogen) atoms. The van der Waals surface area contributed by atoms with E-state index in [1.807, 2.05) is 33.8 Å². The molecule has 2 nitrogen and oxygen atoms in total. The lowest BCUT2D eigenvalue weighted by Gasteiger charge is -1.94. The highest BCUT2D eigenvalue weighted by atomic mass is 16.5. The van der Waals surface area contributed by atoms with Crippen molar-refractivity contribution in [3.05, 3.63) is 11.6 Å². The maximum atomic E-state index is 10.7. The summed E-state index contributed by atoms with van der Waals surface area (Å²) in [6, 6.07) is 0. The normalized spacial score (nSPS) is 26.0. The Morgan fingerprint density at radius 2 is 2.09 bits per heavy atom. The zero-order valence-electron chi connectivity index (χ0n) is 7.68.